The molecule has 3 aromatic carbocycles. The van der Waals surface area contributed by atoms with Gasteiger partial charge in [0.1, 0.15) is 11.4 Å². The van der Waals surface area contributed by atoms with Gasteiger partial charge in [0.25, 0.3) is 5.91 Å². The van der Waals surface area contributed by atoms with E-state index in [1.54, 1.807) is 18.0 Å². The van der Waals surface area contributed by atoms with Gasteiger partial charge in [-0.25, -0.2) is 4.68 Å². The molecule has 2 N–H and O–H groups in total. The number of amides is 2. The molecule has 0 aliphatic carbocycles. The van der Waals surface area contributed by atoms with E-state index in [2.05, 4.69) is 10.6 Å². The third-order valence-electron chi connectivity index (χ3n) is 5.38. The van der Waals surface area contributed by atoms with Crippen LogP contribution in [-0.4, -0.2) is 28.7 Å². The van der Waals surface area contributed by atoms with Crippen molar-refractivity contribution in [1.82, 2.24) is 15.1 Å². The van der Waals surface area contributed by atoms with Gasteiger partial charge >= 0.3 is 0 Å². The van der Waals surface area contributed by atoms with Gasteiger partial charge in [0.2, 0.25) is 5.91 Å². The van der Waals surface area contributed by atoms with E-state index in [-0.39, 0.29) is 17.9 Å². The number of carbonyl (C=O) groups is 2. The van der Waals surface area contributed by atoms with Gasteiger partial charge in [0.05, 0.1) is 24.4 Å². The van der Waals surface area contributed by atoms with E-state index >= 15 is 0 Å². The highest BCUT2D eigenvalue weighted by Crippen LogP contribution is 2.28. The number of carbonyl (C=O) groups excluding carboxylic acids is 2. The Hall–Kier alpha value is -4.39. The summed E-state index contributed by atoms with van der Waals surface area (Å²) < 4.78 is 7.06. The Balaban J connectivity index is 1.67. The zero-order chi connectivity index (χ0) is 24.1. The number of para-hydroxylation sites is 1. The molecule has 7 heteroatoms. The van der Waals surface area contributed by atoms with Crippen molar-refractivity contribution < 1.29 is 14.3 Å². The Morgan fingerprint density at radius 3 is 2.47 bits per heavy atom. The average molecular weight is 455 g/mol. The lowest BCUT2D eigenvalue weighted by Gasteiger charge is -2.15. The van der Waals surface area contributed by atoms with Crippen molar-refractivity contribution in [1.29, 1.82) is 0 Å². The zero-order valence-electron chi connectivity index (χ0n) is 19.3. The van der Waals surface area contributed by atoms with E-state index in [4.69, 9.17) is 9.84 Å². The molecule has 4 aromatic rings. The minimum absolute atomic E-state index is 0.148. The van der Waals surface area contributed by atoms with Crippen molar-refractivity contribution in [3.05, 3.63) is 96.2 Å². The summed E-state index contributed by atoms with van der Waals surface area (Å²) in [6, 6.07) is 24.2. The SMILES string of the molecule is COc1cccc(-c2nn(-c3ccccc3)cc2C(=O)NC(C)c2cccc(NC(C)=O)c2)c1. The van der Waals surface area contributed by atoms with Crippen LogP contribution in [0.15, 0.2) is 85.1 Å². The minimum atomic E-state index is -0.292. The molecule has 1 unspecified atom stereocenters. The first-order valence-corrected chi connectivity index (χ1v) is 10.9. The highest BCUT2D eigenvalue weighted by Gasteiger charge is 2.21. The van der Waals surface area contributed by atoms with Crippen molar-refractivity contribution in [3.63, 3.8) is 0 Å². The molecule has 7 nitrogen and oxygen atoms in total. The minimum Gasteiger partial charge on any atom is -0.497 e. The molecular formula is C27H26N4O3. The summed E-state index contributed by atoms with van der Waals surface area (Å²) in [5, 5.41) is 10.6. The third-order valence-corrected chi connectivity index (χ3v) is 5.38. The molecule has 1 atom stereocenters. The van der Waals surface area contributed by atoms with Crippen molar-refractivity contribution in [2.45, 2.75) is 19.9 Å². The number of rotatable bonds is 7. The molecule has 1 heterocycles. The maximum absolute atomic E-state index is 13.4. The molecule has 0 bridgehead atoms. The summed E-state index contributed by atoms with van der Waals surface area (Å²) in [5.41, 5.74) is 4.18. The molecule has 172 valence electrons. The predicted molar refractivity (Wildman–Crippen MR) is 132 cm³/mol. The number of nitrogens with one attached hydrogen (secondary N) is 2. The Bertz CT molecular complexity index is 1310. The average Bonchev–Trinajstić information content (AvgIpc) is 3.30. The summed E-state index contributed by atoms with van der Waals surface area (Å²) in [6.07, 6.45) is 1.74. The zero-order valence-corrected chi connectivity index (χ0v) is 19.3. The predicted octanol–water partition coefficient (Wildman–Crippen LogP) is 5.00. The number of methoxy groups -OCH3 is 1. The van der Waals surface area contributed by atoms with Gasteiger partial charge in [0.15, 0.2) is 0 Å². The fourth-order valence-corrected chi connectivity index (χ4v) is 3.68. The van der Waals surface area contributed by atoms with Gasteiger partial charge in [-0.1, -0.05) is 42.5 Å². The number of ether oxygens (including phenoxy) is 1. The number of anilines is 1. The van der Waals surface area contributed by atoms with Crippen molar-refractivity contribution in [3.8, 4) is 22.7 Å². The van der Waals surface area contributed by atoms with Crippen LogP contribution in [0.5, 0.6) is 5.75 Å². The molecule has 1 aromatic heterocycles. The molecule has 4 rings (SSSR count). The van der Waals surface area contributed by atoms with Crippen LogP contribution in [0.3, 0.4) is 0 Å². The van der Waals surface area contributed by atoms with Gasteiger partial charge in [-0.2, -0.15) is 5.10 Å². The normalized spacial score (nSPS) is 11.5. The number of aromatic nitrogens is 2. The Labute approximate surface area is 198 Å². The van der Waals surface area contributed by atoms with Crippen molar-refractivity contribution in [2.75, 3.05) is 12.4 Å². The van der Waals surface area contributed by atoms with E-state index in [1.165, 1.54) is 6.92 Å². The van der Waals surface area contributed by atoms with Gasteiger partial charge < -0.3 is 15.4 Å². The van der Waals surface area contributed by atoms with E-state index < -0.39 is 0 Å². The summed E-state index contributed by atoms with van der Waals surface area (Å²) in [5.74, 6) is 0.281. The second-order valence-electron chi connectivity index (χ2n) is 7.91. The molecule has 0 aliphatic heterocycles. The summed E-state index contributed by atoms with van der Waals surface area (Å²) in [7, 11) is 1.60. The first-order valence-electron chi connectivity index (χ1n) is 10.9. The lowest BCUT2D eigenvalue weighted by atomic mass is 10.0. The summed E-state index contributed by atoms with van der Waals surface area (Å²) >= 11 is 0. The van der Waals surface area contributed by atoms with Crippen LogP contribution in [0.25, 0.3) is 16.9 Å². The molecule has 0 fully saturated rings. The van der Waals surface area contributed by atoms with Crippen LogP contribution < -0.4 is 15.4 Å². The molecular weight excluding hydrogens is 428 g/mol. The first kappa shape index (κ1) is 22.8. The Morgan fingerprint density at radius 2 is 1.74 bits per heavy atom. The fourth-order valence-electron chi connectivity index (χ4n) is 3.68. The molecule has 0 spiro atoms. The molecule has 34 heavy (non-hydrogen) atoms. The maximum atomic E-state index is 13.4. The van der Waals surface area contributed by atoms with Crippen LogP contribution >= 0.6 is 0 Å². The monoisotopic (exact) mass is 454 g/mol. The fraction of sp³-hybridized carbons (Fsp3) is 0.148. The number of hydrogen-bond donors (Lipinski definition) is 2. The molecule has 0 saturated carbocycles. The highest BCUT2D eigenvalue weighted by molar-refractivity contribution is 6.00. The van der Waals surface area contributed by atoms with Crippen molar-refractivity contribution >= 4 is 17.5 Å². The molecule has 0 aliphatic rings. The molecule has 0 saturated heterocycles. The Kier molecular flexibility index (Phi) is 6.73. The van der Waals surface area contributed by atoms with E-state index in [0.717, 1.165) is 16.8 Å². The van der Waals surface area contributed by atoms with Gasteiger partial charge in [-0.15, -0.1) is 0 Å². The lowest BCUT2D eigenvalue weighted by Crippen LogP contribution is -2.27. The van der Waals surface area contributed by atoms with E-state index in [0.29, 0.717) is 22.7 Å². The third kappa shape index (κ3) is 5.15. The van der Waals surface area contributed by atoms with Crippen molar-refractivity contribution in [2.24, 2.45) is 0 Å². The summed E-state index contributed by atoms with van der Waals surface area (Å²) in [6.45, 7) is 3.36. The maximum Gasteiger partial charge on any atom is 0.255 e. The standard InChI is InChI=1S/C27H26N4O3/c1-18(20-9-7-11-22(15-20)29-19(2)32)28-27(33)25-17-31(23-12-5-4-6-13-23)30-26(25)21-10-8-14-24(16-21)34-3/h4-18H,1-3H3,(H,28,33)(H,29,32). The van der Waals surface area contributed by atoms with Gasteiger partial charge in [-0.05, 0) is 48.9 Å². The number of nitrogens with zero attached hydrogens (tertiary/aromatic N) is 2. The van der Waals surface area contributed by atoms with Crippen LogP contribution in [0, 0.1) is 0 Å². The largest absolute Gasteiger partial charge is 0.497 e. The van der Waals surface area contributed by atoms with Gasteiger partial charge in [-0.3, -0.25) is 9.59 Å². The second kappa shape index (κ2) is 10.0. The Morgan fingerprint density at radius 1 is 0.971 bits per heavy atom. The van der Waals surface area contributed by atoms with Gasteiger partial charge in [0, 0.05) is 24.4 Å². The highest BCUT2D eigenvalue weighted by atomic mass is 16.5. The smallest absolute Gasteiger partial charge is 0.255 e. The van der Waals surface area contributed by atoms with E-state index in [9.17, 15) is 9.59 Å². The van der Waals surface area contributed by atoms with Crippen LogP contribution in [0.1, 0.15) is 35.8 Å². The van der Waals surface area contributed by atoms with E-state index in [1.807, 2.05) is 85.8 Å². The molecule has 0 radical (unpaired) electrons. The quantitative estimate of drug-likeness (QED) is 0.412. The lowest BCUT2D eigenvalue weighted by molar-refractivity contribution is -0.114. The first-order chi connectivity index (χ1) is 16.4. The number of hydrogen-bond acceptors (Lipinski definition) is 4. The van der Waals surface area contributed by atoms with Crippen LogP contribution in [0.4, 0.5) is 5.69 Å². The van der Waals surface area contributed by atoms with Crippen LogP contribution in [0.2, 0.25) is 0 Å². The molecule has 2 amide bonds. The number of benzene rings is 3. The second-order valence-corrected chi connectivity index (χ2v) is 7.91. The van der Waals surface area contributed by atoms with Crippen LogP contribution in [-0.2, 0) is 4.79 Å². The summed E-state index contributed by atoms with van der Waals surface area (Å²) in [4.78, 5) is 24.8. The topological polar surface area (TPSA) is 85.2 Å².